The van der Waals surface area contributed by atoms with Crippen molar-refractivity contribution in [1.82, 2.24) is 0 Å². The molecule has 43 heavy (non-hydrogen) atoms. The Hall–Kier alpha value is -4.44. The van der Waals surface area contributed by atoms with E-state index in [2.05, 4.69) is 53.0 Å². The van der Waals surface area contributed by atoms with Gasteiger partial charge in [0.15, 0.2) is 0 Å². The van der Waals surface area contributed by atoms with Crippen molar-refractivity contribution in [3.05, 3.63) is 125 Å². The molecule has 0 aliphatic heterocycles. The fourth-order valence-corrected chi connectivity index (χ4v) is 4.53. The highest BCUT2D eigenvalue weighted by atomic mass is 16.5. The third-order valence-corrected chi connectivity index (χ3v) is 7.17. The molecular weight excluding hydrogens is 532 g/mol. The van der Waals surface area contributed by atoms with E-state index < -0.39 is 11.9 Å². The average Bonchev–Trinajstić information content (AvgIpc) is 3.00. The maximum atomic E-state index is 13.3. The average molecular weight is 577 g/mol. The predicted molar refractivity (Wildman–Crippen MR) is 180 cm³/mol. The van der Waals surface area contributed by atoms with Crippen molar-refractivity contribution in [2.24, 2.45) is 5.92 Å². The molecule has 0 spiro atoms. The number of carbonyl (C=O) groups excluding carboxylic acids is 2. The van der Waals surface area contributed by atoms with Crippen molar-refractivity contribution >= 4 is 30.2 Å². The van der Waals surface area contributed by atoms with E-state index in [1.165, 1.54) is 5.57 Å². The molecule has 3 rings (SSSR count). The monoisotopic (exact) mass is 576 g/mol. The van der Waals surface area contributed by atoms with E-state index in [0.29, 0.717) is 28.2 Å². The normalized spacial score (nSPS) is 11.5. The summed E-state index contributed by atoms with van der Waals surface area (Å²) < 4.78 is 12.1. The first-order valence-electron chi connectivity index (χ1n) is 15.1. The molecule has 0 aliphatic carbocycles. The van der Waals surface area contributed by atoms with Crippen LogP contribution in [0, 0.1) is 5.92 Å². The Kier molecular flexibility index (Phi) is 13.0. The molecule has 224 valence electrons. The lowest BCUT2D eigenvalue weighted by molar-refractivity contribution is 0.0732. The molecule has 0 radical (unpaired) electrons. The smallest absolute Gasteiger partial charge is 0.343 e. The van der Waals surface area contributed by atoms with Crippen molar-refractivity contribution in [3.63, 3.8) is 0 Å². The predicted octanol–water partition coefficient (Wildman–Crippen LogP) is 10.5. The number of carbonyl (C=O) groups is 2. The summed E-state index contributed by atoms with van der Waals surface area (Å²) in [5, 5.41) is 0. The molecule has 3 aromatic rings. The molecule has 0 saturated carbocycles. The van der Waals surface area contributed by atoms with E-state index in [9.17, 15) is 9.59 Å². The van der Waals surface area contributed by atoms with E-state index >= 15 is 0 Å². The van der Waals surface area contributed by atoms with Gasteiger partial charge in [-0.3, -0.25) is 0 Å². The lowest BCUT2D eigenvalue weighted by atomic mass is 10.00. The van der Waals surface area contributed by atoms with Crippen LogP contribution in [0.25, 0.3) is 18.2 Å². The van der Waals surface area contributed by atoms with E-state index in [-0.39, 0.29) is 5.92 Å². The molecule has 0 bridgehead atoms. The summed E-state index contributed by atoms with van der Waals surface area (Å²) in [5.41, 5.74) is 5.46. The van der Waals surface area contributed by atoms with Crippen LogP contribution in [0.3, 0.4) is 0 Å². The van der Waals surface area contributed by atoms with Crippen LogP contribution in [0.1, 0.15) is 103 Å². The van der Waals surface area contributed by atoms with Crippen molar-refractivity contribution in [2.45, 2.75) is 66.2 Å². The number of ether oxygens (including phenoxy) is 2. The molecule has 0 fully saturated rings. The summed E-state index contributed by atoms with van der Waals surface area (Å²) >= 11 is 0. The van der Waals surface area contributed by atoms with Gasteiger partial charge in [0.1, 0.15) is 11.5 Å². The number of aryl methyl sites for hydroxylation is 1. The zero-order valence-electron chi connectivity index (χ0n) is 26.0. The number of rotatable bonds is 15. The second-order valence-electron chi connectivity index (χ2n) is 11.1. The Labute approximate surface area is 257 Å². The van der Waals surface area contributed by atoms with Crippen LogP contribution in [0.5, 0.6) is 11.5 Å². The minimum Gasteiger partial charge on any atom is -0.422 e. The van der Waals surface area contributed by atoms with E-state index in [1.54, 1.807) is 36.4 Å². The zero-order valence-corrected chi connectivity index (χ0v) is 26.0. The van der Waals surface area contributed by atoms with Gasteiger partial charge < -0.3 is 9.47 Å². The van der Waals surface area contributed by atoms with Gasteiger partial charge in [0.2, 0.25) is 0 Å². The molecule has 1 unspecified atom stereocenters. The van der Waals surface area contributed by atoms with Gasteiger partial charge in [-0.15, -0.1) is 0 Å². The Morgan fingerprint density at radius 2 is 1.33 bits per heavy atom. The summed E-state index contributed by atoms with van der Waals surface area (Å²) in [7, 11) is 0. The molecule has 0 aliphatic rings. The summed E-state index contributed by atoms with van der Waals surface area (Å²) in [5.74, 6) is 0.0215. The number of esters is 2. The first-order chi connectivity index (χ1) is 20.7. The van der Waals surface area contributed by atoms with Gasteiger partial charge in [-0.05, 0) is 98.5 Å². The molecule has 0 aromatic heterocycles. The maximum Gasteiger partial charge on any atom is 0.343 e. The Morgan fingerprint density at radius 1 is 0.814 bits per heavy atom. The van der Waals surface area contributed by atoms with Crippen LogP contribution in [0.4, 0.5) is 0 Å². The first kappa shape index (κ1) is 33.1. The molecule has 0 heterocycles. The minimum absolute atomic E-state index is 0.254. The first-order valence-corrected chi connectivity index (χ1v) is 15.1. The van der Waals surface area contributed by atoms with Gasteiger partial charge in [-0.25, -0.2) is 9.59 Å². The van der Waals surface area contributed by atoms with Crippen LogP contribution >= 0.6 is 0 Å². The molecule has 3 aromatic carbocycles. The molecule has 0 saturated heterocycles. The zero-order chi connectivity index (χ0) is 31.2. The molecule has 1 atom stereocenters. The van der Waals surface area contributed by atoms with Crippen LogP contribution in [0.2, 0.25) is 0 Å². The molecule has 0 amide bonds. The van der Waals surface area contributed by atoms with Crippen LogP contribution in [-0.2, 0) is 6.42 Å². The number of allylic oxidation sites excluding steroid dienone is 3. The number of hydrogen-bond acceptors (Lipinski definition) is 4. The molecule has 4 heteroatoms. The molecule has 4 nitrogen and oxygen atoms in total. The highest BCUT2D eigenvalue weighted by Crippen LogP contribution is 2.35. The van der Waals surface area contributed by atoms with Gasteiger partial charge in [-0.1, -0.05) is 100 Å². The van der Waals surface area contributed by atoms with Gasteiger partial charge >= 0.3 is 11.9 Å². The lowest BCUT2D eigenvalue weighted by Gasteiger charge is -2.16. The molecular formula is C39H44O4. The standard InChI is InChI=1S/C39H44O4/c1-7-10-11-15-32-26-36(42-38(40)33-21-17-30(8-2)18-22-33)35(25-16-29(6)14-12-13-28(4)5)37(27-32)43-39(41)34-23-19-31(9-3)20-24-34/h8-9,13,16-27,29H,2-3,7,10-12,14-15H2,1,4-6H3/b25-16+. The second-order valence-corrected chi connectivity index (χ2v) is 11.1. The number of benzene rings is 3. The van der Waals surface area contributed by atoms with Gasteiger partial charge in [-0.2, -0.15) is 0 Å². The third kappa shape index (κ3) is 10.4. The SMILES string of the molecule is C=Cc1ccc(C(=O)Oc2cc(CCCCC)cc(OC(=O)c3ccc(C=C)cc3)c2/C=C/C(C)CCC=C(C)C)cc1. The van der Waals surface area contributed by atoms with Crippen molar-refractivity contribution in [2.75, 3.05) is 0 Å². The Bertz CT molecular complexity index is 1370. The van der Waals surface area contributed by atoms with E-state index in [4.69, 9.17) is 9.47 Å². The van der Waals surface area contributed by atoms with Gasteiger partial charge in [0.25, 0.3) is 0 Å². The van der Waals surface area contributed by atoms with E-state index in [1.807, 2.05) is 42.5 Å². The summed E-state index contributed by atoms with van der Waals surface area (Å²) in [6.45, 7) is 16.1. The summed E-state index contributed by atoms with van der Waals surface area (Å²) in [6, 6.07) is 18.0. The quantitative estimate of drug-likeness (QED) is 0.0781. The fourth-order valence-electron chi connectivity index (χ4n) is 4.53. The number of unbranched alkanes of at least 4 members (excludes halogenated alkanes) is 2. The van der Waals surface area contributed by atoms with Crippen molar-refractivity contribution < 1.29 is 19.1 Å². The van der Waals surface area contributed by atoms with Crippen LogP contribution < -0.4 is 9.47 Å². The highest BCUT2D eigenvalue weighted by molar-refractivity contribution is 5.93. The van der Waals surface area contributed by atoms with Gasteiger partial charge in [0.05, 0.1) is 16.7 Å². The second kappa shape index (κ2) is 16.9. The van der Waals surface area contributed by atoms with Crippen molar-refractivity contribution in [3.8, 4) is 11.5 Å². The third-order valence-electron chi connectivity index (χ3n) is 7.17. The van der Waals surface area contributed by atoms with Crippen molar-refractivity contribution in [1.29, 1.82) is 0 Å². The number of hydrogen-bond donors (Lipinski definition) is 0. The summed E-state index contributed by atoms with van der Waals surface area (Å²) in [4.78, 5) is 26.6. The highest BCUT2D eigenvalue weighted by Gasteiger charge is 2.19. The molecule has 0 N–H and O–H groups in total. The largest absolute Gasteiger partial charge is 0.422 e. The topological polar surface area (TPSA) is 52.6 Å². The Morgan fingerprint density at radius 3 is 1.77 bits per heavy atom. The lowest BCUT2D eigenvalue weighted by Crippen LogP contribution is -2.13. The van der Waals surface area contributed by atoms with Crippen LogP contribution in [-0.4, -0.2) is 11.9 Å². The van der Waals surface area contributed by atoms with Crippen LogP contribution in [0.15, 0.2) is 91.5 Å². The van der Waals surface area contributed by atoms with Gasteiger partial charge in [0, 0.05) is 0 Å². The fraction of sp³-hybridized carbons (Fsp3) is 0.282. The Balaban J connectivity index is 2.04. The minimum atomic E-state index is -0.482. The summed E-state index contributed by atoms with van der Waals surface area (Å²) in [6.07, 6.45) is 15.5. The van der Waals surface area contributed by atoms with E-state index in [0.717, 1.165) is 55.2 Å². The maximum absolute atomic E-state index is 13.3.